The average molecular weight is 586 g/mol. The lowest BCUT2D eigenvalue weighted by Crippen LogP contribution is -2.44. The van der Waals surface area contributed by atoms with E-state index < -0.39 is 17.6 Å². The number of anilines is 5. The van der Waals surface area contributed by atoms with Gasteiger partial charge in [0.1, 0.15) is 17.1 Å². The third kappa shape index (κ3) is 6.68. The predicted molar refractivity (Wildman–Crippen MR) is 154 cm³/mol. The number of methoxy groups -OCH3 is 1. The van der Waals surface area contributed by atoms with E-state index in [0.29, 0.717) is 30.1 Å². The normalized spacial score (nSPS) is 15.6. The van der Waals surface area contributed by atoms with Gasteiger partial charge in [0.15, 0.2) is 0 Å². The van der Waals surface area contributed by atoms with Crippen molar-refractivity contribution in [1.29, 1.82) is 0 Å². The predicted octanol–water partition coefficient (Wildman–Crippen LogP) is 4.60. The second-order valence-corrected chi connectivity index (χ2v) is 10.5. The molecule has 1 fully saturated rings. The van der Waals surface area contributed by atoms with Gasteiger partial charge in [0, 0.05) is 63.0 Å². The van der Waals surface area contributed by atoms with Crippen LogP contribution in [0.4, 0.5) is 42.0 Å². The number of ether oxygens (including phenoxy) is 1. The highest BCUT2D eigenvalue weighted by Crippen LogP contribution is 2.36. The molecule has 10 nitrogen and oxygen atoms in total. The number of aromatic nitrogens is 2. The van der Waals surface area contributed by atoms with Crippen LogP contribution in [0.15, 0.2) is 42.6 Å². The van der Waals surface area contributed by atoms with Crippen molar-refractivity contribution in [1.82, 2.24) is 14.9 Å². The van der Waals surface area contributed by atoms with Crippen LogP contribution in [0.2, 0.25) is 0 Å². The molecule has 1 saturated heterocycles. The Morgan fingerprint density at radius 2 is 2.00 bits per heavy atom. The SMILES string of the molecule is COCCN(C)C1CCN(c2ccc(Nc3ncc(C(F)(F)F)c(NCc4cccc5c4CC(=O)N5)n3)c(O)c2)CC1. The number of piperidine rings is 1. The largest absolute Gasteiger partial charge is 0.506 e. The van der Waals surface area contributed by atoms with Gasteiger partial charge in [-0.1, -0.05) is 12.1 Å². The fourth-order valence-corrected chi connectivity index (χ4v) is 5.37. The molecule has 1 aromatic heterocycles. The summed E-state index contributed by atoms with van der Waals surface area (Å²) in [5.41, 5.74) is 2.18. The number of benzene rings is 2. The zero-order valence-electron chi connectivity index (χ0n) is 23.5. The lowest BCUT2D eigenvalue weighted by atomic mass is 10.0. The quantitative estimate of drug-likeness (QED) is 0.254. The number of likely N-dealkylation sites (N-methyl/N-ethyl adjacent to an activating group) is 1. The van der Waals surface area contributed by atoms with E-state index in [4.69, 9.17) is 4.74 Å². The molecule has 0 saturated carbocycles. The highest BCUT2D eigenvalue weighted by atomic mass is 19.4. The molecule has 0 unspecified atom stereocenters. The topological polar surface area (TPSA) is 115 Å². The van der Waals surface area contributed by atoms with Gasteiger partial charge in [-0.15, -0.1) is 0 Å². The van der Waals surface area contributed by atoms with E-state index in [9.17, 15) is 23.1 Å². The molecule has 42 heavy (non-hydrogen) atoms. The number of carbonyl (C=O) groups is 1. The smallest absolute Gasteiger partial charge is 0.421 e. The van der Waals surface area contributed by atoms with E-state index in [0.717, 1.165) is 43.7 Å². The molecule has 4 N–H and O–H groups in total. The number of aromatic hydroxyl groups is 1. The number of nitrogens with one attached hydrogen (secondary N) is 3. The Hall–Kier alpha value is -4.10. The Morgan fingerprint density at radius 3 is 2.71 bits per heavy atom. The Labute approximate surface area is 241 Å². The number of phenols is 1. The van der Waals surface area contributed by atoms with Crippen LogP contribution in [0.1, 0.15) is 29.5 Å². The zero-order valence-corrected chi connectivity index (χ0v) is 23.5. The summed E-state index contributed by atoms with van der Waals surface area (Å²) in [4.78, 5) is 24.2. The van der Waals surface area contributed by atoms with E-state index >= 15 is 0 Å². The summed E-state index contributed by atoms with van der Waals surface area (Å²) in [6, 6.07) is 10.8. The third-order valence-corrected chi connectivity index (χ3v) is 7.75. The molecule has 2 aliphatic rings. The molecule has 0 spiro atoms. The molecule has 13 heteroatoms. The minimum atomic E-state index is -4.69. The first-order valence-electron chi connectivity index (χ1n) is 13.7. The van der Waals surface area contributed by atoms with Crippen LogP contribution in [0.3, 0.4) is 0 Å². The van der Waals surface area contributed by atoms with Crippen molar-refractivity contribution in [2.75, 3.05) is 61.2 Å². The molecule has 1 amide bonds. The van der Waals surface area contributed by atoms with Crippen molar-refractivity contribution in [3.63, 3.8) is 0 Å². The van der Waals surface area contributed by atoms with Gasteiger partial charge in [0.2, 0.25) is 11.9 Å². The average Bonchev–Trinajstić information content (AvgIpc) is 3.36. The van der Waals surface area contributed by atoms with Gasteiger partial charge in [-0.2, -0.15) is 18.2 Å². The highest BCUT2D eigenvalue weighted by molar-refractivity contribution is 5.99. The first-order chi connectivity index (χ1) is 20.1. The van der Waals surface area contributed by atoms with Gasteiger partial charge in [-0.05, 0) is 49.2 Å². The van der Waals surface area contributed by atoms with Gasteiger partial charge in [-0.25, -0.2) is 4.98 Å². The number of hydrogen-bond donors (Lipinski definition) is 4. The van der Waals surface area contributed by atoms with Crippen LogP contribution in [-0.2, 0) is 28.7 Å². The van der Waals surface area contributed by atoms with Crippen LogP contribution in [-0.4, -0.2) is 72.3 Å². The Bertz CT molecular complexity index is 1430. The number of rotatable bonds is 10. The van der Waals surface area contributed by atoms with Crippen molar-refractivity contribution in [2.45, 2.75) is 38.0 Å². The minimum absolute atomic E-state index is 0.0243. The number of hydrogen-bond acceptors (Lipinski definition) is 9. The maximum Gasteiger partial charge on any atom is 0.421 e. The monoisotopic (exact) mass is 585 g/mol. The Morgan fingerprint density at radius 1 is 1.21 bits per heavy atom. The van der Waals surface area contributed by atoms with Crippen LogP contribution in [0.5, 0.6) is 5.75 Å². The van der Waals surface area contributed by atoms with E-state index in [-0.39, 0.29) is 36.3 Å². The Kier molecular flexibility index (Phi) is 8.69. The maximum absolute atomic E-state index is 13.8. The lowest BCUT2D eigenvalue weighted by Gasteiger charge is -2.38. The minimum Gasteiger partial charge on any atom is -0.506 e. The Balaban J connectivity index is 1.27. The summed E-state index contributed by atoms with van der Waals surface area (Å²) < 4.78 is 46.5. The van der Waals surface area contributed by atoms with Crippen LogP contribution in [0, 0.1) is 0 Å². The second kappa shape index (κ2) is 12.4. The van der Waals surface area contributed by atoms with Crippen LogP contribution in [0.25, 0.3) is 0 Å². The number of amides is 1. The van der Waals surface area contributed by atoms with E-state index in [1.165, 1.54) is 0 Å². The molecule has 2 aliphatic heterocycles. The summed E-state index contributed by atoms with van der Waals surface area (Å²) in [5.74, 6) is -0.752. The molecule has 2 aromatic carbocycles. The first-order valence-corrected chi connectivity index (χ1v) is 13.7. The number of phenolic OH excluding ortho intramolecular Hbond substituents is 1. The molecule has 5 rings (SSSR count). The van der Waals surface area contributed by atoms with Crippen molar-refractivity contribution in [2.24, 2.45) is 0 Å². The molecular weight excluding hydrogens is 551 g/mol. The molecule has 0 aliphatic carbocycles. The molecule has 224 valence electrons. The van der Waals surface area contributed by atoms with Crippen LogP contribution < -0.4 is 20.9 Å². The van der Waals surface area contributed by atoms with Gasteiger partial charge < -0.3 is 35.6 Å². The van der Waals surface area contributed by atoms with Gasteiger partial charge >= 0.3 is 6.18 Å². The zero-order chi connectivity index (χ0) is 29.9. The fourth-order valence-electron chi connectivity index (χ4n) is 5.37. The molecule has 0 atom stereocenters. The van der Waals surface area contributed by atoms with E-state index in [1.54, 1.807) is 37.4 Å². The summed E-state index contributed by atoms with van der Waals surface area (Å²) >= 11 is 0. The van der Waals surface area contributed by atoms with Crippen molar-refractivity contribution < 1.29 is 27.8 Å². The molecule has 3 aromatic rings. The third-order valence-electron chi connectivity index (χ3n) is 7.75. The van der Waals surface area contributed by atoms with Crippen molar-refractivity contribution in [3.8, 4) is 5.75 Å². The van der Waals surface area contributed by atoms with Crippen molar-refractivity contribution >= 4 is 34.7 Å². The van der Waals surface area contributed by atoms with Gasteiger partial charge in [-0.3, -0.25) is 4.79 Å². The summed E-state index contributed by atoms with van der Waals surface area (Å²) in [7, 11) is 3.80. The van der Waals surface area contributed by atoms with Gasteiger partial charge in [0.25, 0.3) is 0 Å². The molecule has 0 bridgehead atoms. The lowest BCUT2D eigenvalue weighted by molar-refractivity contribution is -0.137. The van der Waals surface area contributed by atoms with Crippen LogP contribution >= 0.6 is 0 Å². The summed E-state index contributed by atoms with van der Waals surface area (Å²) in [6.07, 6.45) is -1.86. The number of nitrogens with zero attached hydrogens (tertiary/aromatic N) is 4. The molecular formula is C29H34F3N7O3. The first kappa shape index (κ1) is 29.4. The number of halogens is 3. The summed E-state index contributed by atoms with van der Waals surface area (Å²) in [6.45, 7) is 3.25. The maximum atomic E-state index is 13.8. The fraction of sp³-hybridized carbons (Fsp3) is 0.414. The second-order valence-electron chi connectivity index (χ2n) is 10.5. The van der Waals surface area contributed by atoms with Gasteiger partial charge in [0.05, 0.1) is 18.7 Å². The number of carbonyl (C=O) groups excluding carboxylic acids is 1. The van der Waals surface area contributed by atoms with E-state index in [2.05, 4.69) is 42.8 Å². The standard InChI is InChI=1S/C29H34F3N7O3/c1-38(12-13-42-2)19-8-10-39(11-9-19)20-6-7-24(25(40)14-20)36-28-34-17-22(29(30,31)32)27(37-28)33-16-18-4-3-5-23-21(18)15-26(41)35-23/h3-7,14,17,19,40H,8-13,15-16H2,1-2H3,(H,35,41)(H2,33,34,36,37). The molecule has 0 radical (unpaired) electrons. The number of fused-ring (bicyclic) bond motifs is 1. The number of alkyl halides is 3. The molecule has 3 heterocycles. The van der Waals surface area contributed by atoms with E-state index in [1.807, 2.05) is 6.07 Å². The highest BCUT2D eigenvalue weighted by Gasteiger charge is 2.35. The summed E-state index contributed by atoms with van der Waals surface area (Å²) in [5, 5.41) is 19.1. The van der Waals surface area contributed by atoms with Crippen molar-refractivity contribution in [3.05, 3.63) is 59.3 Å².